The van der Waals surface area contributed by atoms with E-state index in [-0.39, 0.29) is 0 Å². The monoisotopic (exact) mass is 266 g/mol. The van der Waals surface area contributed by atoms with Crippen LogP contribution in [0.2, 0.25) is 0 Å². The van der Waals surface area contributed by atoms with Gasteiger partial charge in [0, 0.05) is 31.6 Å². The molecule has 1 heterocycles. The lowest BCUT2D eigenvalue weighted by atomic mass is 9.99. The van der Waals surface area contributed by atoms with Gasteiger partial charge in [-0.2, -0.15) is 0 Å². The molecule has 0 bridgehead atoms. The zero-order valence-electron chi connectivity index (χ0n) is 12.7. The molecule has 1 aliphatic carbocycles. The third kappa shape index (κ3) is 3.95. The molecular formula is C16H30N2O. The second kappa shape index (κ2) is 7.28. The van der Waals surface area contributed by atoms with E-state index in [1.165, 1.54) is 25.7 Å². The molecular weight excluding hydrogens is 236 g/mol. The van der Waals surface area contributed by atoms with Crippen LogP contribution in [-0.4, -0.2) is 36.0 Å². The second-order valence-corrected chi connectivity index (χ2v) is 6.31. The van der Waals surface area contributed by atoms with Gasteiger partial charge in [0.15, 0.2) is 0 Å². The number of nitrogens with one attached hydrogen (secondary N) is 1. The van der Waals surface area contributed by atoms with Crippen LogP contribution < -0.4 is 5.32 Å². The van der Waals surface area contributed by atoms with E-state index in [9.17, 15) is 4.79 Å². The molecule has 1 saturated carbocycles. The molecule has 2 atom stereocenters. The molecule has 0 aromatic carbocycles. The van der Waals surface area contributed by atoms with Crippen LogP contribution in [0.1, 0.15) is 65.2 Å². The molecule has 0 aromatic heterocycles. The summed E-state index contributed by atoms with van der Waals surface area (Å²) >= 11 is 0. The molecule has 2 unspecified atom stereocenters. The summed E-state index contributed by atoms with van der Waals surface area (Å²) < 4.78 is 0. The molecule has 2 rings (SSSR count). The molecule has 0 radical (unpaired) electrons. The summed E-state index contributed by atoms with van der Waals surface area (Å²) in [6.45, 7) is 6.28. The van der Waals surface area contributed by atoms with Crippen molar-refractivity contribution in [2.24, 2.45) is 5.92 Å². The van der Waals surface area contributed by atoms with Crippen molar-refractivity contribution in [2.45, 2.75) is 77.3 Å². The van der Waals surface area contributed by atoms with E-state index in [2.05, 4.69) is 24.1 Å². The summed E-state index contributed by atoms with van der Waals surface area (Å²) in [5.41, 5.74) is 0. The van der Waals surface area contributed by atoms with E-state index in [0.29, 0.717) is 18.0 Å². The molecule has 0 aromatic rings. The average Bonchev–Trinajstić information content (AvgIpc) is 2.97. The Hall–Kier alpha value is -0.570. The van der Waals surface area contributed by atoms with Crippen molar-refractivity contribution in [3.8, 4) is 0 Å². The Kier molecular flexibility index (Phi) is 5.68. The molecule has 3 heteroatoms. The van der Waals surface area contributed by atoms with E-state index in [1.54, 1.807) is 0 Å². The summed E-state index contributed by atoms with van der Waals surface area (Å²) in [6.07, 6.45) is 9.53. The number of piperazine rings is 1. The van der Waals surface area contributed by atoms with Crippen molar-refractivity contribution < 1.29 is 4.79 Å². The first kappa shape index (κ1) is 14.8. The van der Waals surface area contributed by atoms with Crippen LogP contribution in [0.3, 0.4) is 0 Å². The molecule has 1 N–H and O–H groups in total. The Morgan fingerprint density at radius 1 is 1.21 bits per heavy atom. The maximum atomic E-state index is 12.5. The van der Waals surface area contributed by atoms with Crippen molar-refractivity contribution in [3.63, 3.8) is 0 Å². The van der Waals surface area contributed by atoms with Crippen molar-refractivity contribution in [1.82, 2.24) is 10.2 Å². The van der Waals surface area contributed by atoms with Crippen LogP contribution in [0, 0.1) is 5.92 Å². The zero-order valence-corrected chi connectivity index (χ0v) is 12.7. The van der Waals surface area contributed by atoms with Gasteiger partial charge in [-0.3, -0.25) is 4.79 Å². The minimum absolute atomic E-state index is 0.402. The fourth-order valence-corrected chi connectivity index (χ4v) is 3.58. The van der Waals surface area contributed by atoms with Gasteiger partial charge < -0.3 is 10.2 Å². The summed E-state index contributed by atoms with van der Waals surface area (Å²) in [6, 6.07) is 0.914. The first-order valence-electron chi connectivity index (χ1n) is 8.27. The summed E-state index contributed by atoms with van der Waals surface area (Å²) in [5.74, 6) is 1.23. The van der Waals surface area contributed by atoms with E-state index in [1.807, 2.05) is 0 Å². The highest BCUT2D eigenvalue weighted by Crippen LogP contribution is 2.29. The fourth-order valence-electron chi connectivity index (χ4n) is 3.58. The number of amides is 1. The van der Waals surface area contributed by atoms with Gasteiger partial charge >= 0.3 is 0 Å². The van der Waals surface area contributed by atoms with Crippen LogP contribution >= 0.6 is 0 Å². The molecule has 2 fully saturated rings. The van der Waals surface area contributed by atoms with Crippen molar-refractivity contribution in [2.75, 3.05) is 13.1 Å². The highest BCUT2D eigenvalue weighted by atomic mass is 16.2. The lowest BCUT2D eigenvalue weighted by Crippen LogP contribution is -2.57. The Morgan fingerprint density at radius 3 is 2.58 bits per heavy atom. The highest BCUT2D eigenvalue weighted by molar-refractivity contribution is 5.76. The number of nitrogens with zero attached hydrogens (tertiary/aromatic N) is 1. The topological polar surface area (TPSA) is 32.3 Å². The molecule has 1 saturated heterocycles. The molecule has 3 nitrogen and oxygen atoms in total. The maximum absolute atomic E-state index is 12.5. The lowest BCUT2D eigenvalue weighted by Gasteiger charge is -2.40. The average molecular weight is 266 g/mol. The quantitative estimate of drug-likeness (QED) is 0.830. The summed E-state index contributed by atoms with van der Waals surface area (Å²) in [4.78, 5) is 14.7. The van der Waals surface area contributed by atoms with Crippen molar-refractivity contribution in [3.05, 3.63) is 0 Å². The van der Waals surface area contributed by atoms with Crippen LogP contribution in [0.5, 0.6) is 0 Å². The molecule has 2 aliphatic rings. The van der Waals surface area contributed by atoms with Gasteiger partial charge in [-0.05, 0) is 25.2 Å². The van der Waals surface area contributed by atoms with Gasteiger partial charge in [0.2, 0.25) is 5.91 Å². The number of carbonyl (C=O) groups excluding carboxylic acids is 1. The number of rotatable bonds is 5. The van der Waals surface area contributed by atoms with Crippen LogP contribution in [-0.2, 0) is 4.79 Å². The Morgan fingerprint density at radius 2 is 1.95 bits per heavy atom. The van der Waals surface area contributed by atoms with Crippen LogP contribution in [0.25, 0.3) is 0 Å². The van der Waals surface area contributed by atoms with Gasteiger partial charge in [-0.1, -0.05) is 39.5 Å². The number of hydrogen-bond acceptors (Lipinski definition) is 2. The normalized spacial score (nSPS) is 28.8. The van der Waals surface area contributed by atoms with E-state index >= 15 is 0 Å². The van der Waals surface area contributed by atoms with Crippen molar-refractivity contribution >= 4 is 5.91 Å². The minimum Gasteiger partial charge on any atom is -0.337 e. The first-order chi connectivity index (χ1) is 9.24. The SMILES string of the molecule is CCC1CN(C(=O)CCC2CCCC2)C(CC)CN1. The lowest BCUT2D eigenvalue weighted by molar-refractivity contribution is -0.135. The van der Waals surface area contributed by atoms with E-state index < -0.39 is 0 Å². The summed E-state index contributed by atoms with van der Waals surface area (Å²) in [5, 5.41) is 3.56. The zero-order chi connectivity index (χ0) is 13.7. The molecule has 1 aliphatic heterocycles. The number of hydrogen-bond donors (Lipinski definition) is 1. The Balaban J connectivity index is 1.83. The standard InChI is InChI=1S/C16H30N2O/c1-3-14-12-18(15(4-2)11-17-14)16(19)10-9-13-7-5-6-8-13/h13-15,17H,3-12H2,1-2H3. The van der Waals surface area contributed by atoms with Crippen LogP contribution in [0.15, 0.2) is 0 Å². The predicted molar refractivity (Wildman–Crippen MR) is 79.1 cm³/mol. The van der Waals surface area contributed by atoms with E-state index in [0.717, 1.165) is 44.7 Å². The molecule has 110 valence electrons. The molecule has 19 heavy (non-hydrogen) atoms. The Labute approximate surface area is 118 Å². The number of carbonyl (C=O) groups is 1. The highest BCUT2D eigenvalue weighted by Gasteiger charge is 2.29. The van der Waals surface area contributed by atoms with E-state index in [4.69, 9.17) is 0 Å². The fraction of sp³-hybridized carbons (Fsp3) is 0.938. The van der Waals surface area contributed by atoms with Gasteiger partial charge in [0.25, 0.3) is 0 Å². The van der Waals surface area contributed by atoms with Gasteiger partial charge in [0.1, 0.15) is 0 Å². The van der Waals surface area contributed by atoms with Crippen LogP contribution in [0.4, 0.5) is 0 Å². The largest absolute Gasteiger partial charge is 0.337 e. The van der Waals surface area contributed by atoms with Gasteiger partial charge in [-0.25, -0.2) is 0 Å². The summed E-state index contributed by atoms with van der Waals surface area (Å²) in [7, 11) is 0. The first-order valence-corrected chi connectivity index (χ1v) is 8.27. The molecule has 1 amide bonds. The van der Waals surface area contributed by atoms with Gasteiger partial charge in [0.05, 0.1) is 0 Å². The maximum Gasteiger partial charge on any atom is 0.222 e. The van der Waals surface area contributed by atoms with Gasteiger partial charge in [-0.15, -0.1) is 0 Å². The minimum atomic E-state index is 0.402. The third-order valence-corrected chi connectivity index (χ3v) is 5.03. The predicted octanol–water partition coefficient (Wildman–Crippen LogP) is 2.95. The molecule has 0 spiro atoms. The second-order valence-electron chi connectivity index (χ2n) is 6.31. The van der Waals surface area contributed by atoms with Crippen molar-refractivity contribution in [1.29, 1.82) is 0 Å². The Bertz CT molecular complexity index is 286. The smallest absolute Gasteiger partial charge is 0.222 e. The third-order valence-electron chi connectivity index (χ3n) is 5.03.